The van der Waals surface area contributed by atoms with Crippen molar-refractivity contribution in [1.29, 1.82) is 0 Å². The Bertz CT molecular complexity index is 250. The second kappa shape index (κ2) is 16.2. The van der Waals surface area contributed by atoms with Gasteiger partial charge < -0.3 is 4.43 Å². The van der Waals surface area contributed by atoms with Crippen molar-refractivity contribution in [2.75, 3.05) is 0 Å². The molecule has 23 heavy (non-hydrogen) atoms. The summed E-state index contributed by atoms with van der Waals surface area (Å²) in [5.74, 6) is -0.608. The summed E-state index contributed by atoms with van der Waals surface area (Å²) in [6, 6.07) is 0. The van der Waals surface area contributed by atoms with E-state index >= 15 is 0 Å². The van der Waals surface area contributed by atoms with Crippen molar-refractivity contribution in [1.82, 2.24) is 0 Å². The summed E-state index contributed by atoms with van der Waals surface area (Å²) in [5, 5.41) is 0. The van der Waals surface area contributed by atoms with Crippen molar-refractivity contribution >= 4 is 10.5 Å². The van der Waals surface area contributed by atoms with Gasteiger partial charge in [-0.25, -0.2) is 0 Å². The van der Waals surface area contributed by atoms with E-state index in [2.05, 4.69) is 6.92 Å². The summed E-state index contributed by atoms with van der Waals surface area (Å²) in [6.45, 7) is 2.29. The number of unbranched alkanes of at least 4 members (excludes halogenated alkanes) is 14. The van der Waals surface area contributed by atoms with E-state index in [0.29, 0.717) is 10.5 Å². The van der Waals surface area contributed by atoms with E-state index in [0.717, 1.165) is 12.8 Å². The maximum atomic E-state index is 5.26. The molecular weight excluding hydrogens is 358 g/mol. The van der Waals surface area contributed by atoms with Crippen molar-refractivity contribution in [2.45, 2.75) is 116 Å². The Labute approximate surface area is 159 Å². The molecule has 1 saturated heterocycles. The molecule has 0 unspecified atom stereocenters. The molecule has 1 heterocycles. The van der Waals surface area contributed by atoms with Gasteiger partial charge in [-0.05, 0) is 6.42 Å². The van der Waals surface area contributed by atoms with Gasteiger partial charge in [0.25, 0.3) is 0 Å². The Morgan fingerprint density at radius 3 is 1.30 bits per heavy atom. The molecule has 3 nitrogen and oxygen atoms in total. The predicted molar refractivity (Wildman–Crippen MR) is 95.5 cm³/mol. The van der Waals surface area contributed by atoms with Crippen LogP contribution in [0.1, 0.15) is 110 Å². The van der Waals surface area contributed by atoms with Crippen LogP contribution in [0.2, 0.25) is 0 Å². The van der Waals surface area contributed by atoms with Gasteiger partial charge in [0.2, 0.25) is 0 Å². The van der Waals surface area contributed by atoms with E-state index in [-0.39, 0.29) is 19.5 Å². The standard InChI is InChI=1S/C18H38O3Si.Zn/c1-2-3-4-5-6-7-8-9-10-11-12-13-14-15-16-17-18(21-22)19-20-18;/h2-17H2,1,22H3;. The zero-order valence-electron chi connectivity index (χ0n) is 15.7. The maximum Gasteiger partial charge on any atom is 0.330 e. The van der Waals surface area contributed by atoms with Gasteiger partial charge in [-0.3, -0.25) is 0 Å². The van der Waals surface area contributed by atoms with Crippen LogP contribution in [-0.2, 0) is 33.7 Å². The SMILES string of the molecule is CCCCCCCCCCCCCCCCCC1(O[SiH3])OO1.[Zn]. The largest absolute Gasteiger partial charge is 0.377 e. The number of hydrogen-bond acceptors (Lipinski definition) is 3. The second-order valence-electron chi connectivity index (χ2n) is 6.75. The molecular formula is C18H38O3SiZn. The fourth-order valence-electron chi connectivity index (χ4n) is 3.01. The van der Waals surface area contributed by atoms with Crippen LogP contribution >= 0.6 is 0 Å². The van der Waals surface area contributed by atoms with Gasteiger partial charge in [-0.1, -0.05) is 96.8 Å². The monoisotopic (exact) mass is 394 g/mol. The predicted octanol–water partition coefficient (Wildman–Crippen LogP) is 5.16. The van der Waals surface area contributed by atoms with Crippen molar-refractivity contribution in [3.63, 3.8) is 0 Å². The first-order valence-electron chi connectivity index (χ1n) is 9.75. The summed E-state index contributed by atoms with van der Waals surface area (Å²) >= 11 is 0. The Hall–Kier alpha value is 0.720. The molecule has 5 heteroatoms. The van der Waals surface area contributed by atoms with Crippen molar-refractivity contribution in [3.05, 3.63) is 0 Å². The third kappa shape index (κ3) is 13.7. The second-order valence-corrected chi connectivity index (χ2v) is 7.16. The van der Waals surface area contributed by atoms with E-state index in [4.69, 9.17) is 14.2 Å². The third-order valence-corrected chi connectivity index (χ3v) is 5.29. The van der Waals surface area contributed by atoms with E-state index < -0.39 is 5.97 Å². The van der Waals surface area contributed by atoms with Crippen LogP contribution in [0, 0.1) is 0 Å². The molecule has 1 aliphatic rings. The summed E-state index contributed by atoms with van der Waals surface area (Å²) in [4.78, 5) is 9.75. The minimum absolute atomic E-state index is 0. The van der Waals surface area contributed by atoms with E-state index in [1.54, 1.807) is 0 Å². The van der Waals surface area contributed by atoms with Crippen LogP contribution in [0.5, 0.6) is 0 Å². The molecule has 1 rings (SSSR count). The summed E-state index contributed by atoms with van der Waals surface area (Å²) in [6.07, 6.45) is 21.8. The molecule has 0 aromatic heterocycles. The zero-order chi connectivity index (χ0) is 15.9. The van der Waals surface area contributed by atoms with Crippen LogP contribution in [0.25, 0.3) is 0 Å². The summed E-state index contributed by atoms with van der Waals surface area (Å²) in [7, 11) is 0.681. The van der Waals surface area contributed by atoms with Gasteiger partial charge in [-0.2, -0.15) is 9.78 Å². The summed E-state index contributed by atoms with van der Waals surface area (Å²) in [5.41, 5.74) is 0. The zero-order valence-corrected chi connectivity index (χ0v) is 20.7. The smallest absolute Gasteiger partial charge is 0.330 e. The van der Waals surface area contributed by atoms with Gasteiger partial charge in [-0.15, -0.1) is 0 Å². The third-order valence-electron chi connectivity index (χ3n) is 4.67. The number of rotatable bonds is 17. The molecule has 0 bridgehead atoms. The molecule has 0 aromatic carbocycles. The Kier molecular flexibility index (Phi) is 16.7. The van der Waals surface area contributed by atoms with Crippen LogP contribution in [0.3, 0.4) is 0 Å². The molecule has 134 valence electrons. The minimum Gasteiger partial charge on any atom is -0.377 e. The van der Waals surface area contributed by atoms with Crippen molar-refractivity contribution < 1.29 is 33.7 Å². The first-order chi connectivity index (χ1) is 10.8. The maximum absolute atomic E-state index is 5.26. The van der Waals surface area contributed by atoms with Crippen LogP contribution in [0.15, 0.2) is 0 Å². The topological polar surface area (TPSA) is 34.3 Å². The van der Waals surface area contributed by atoms with Crippen LogP contribution < -0.4 is 0 Å². The molecule has 0 amide bonds. The van der Waals surface area contributed by atoms with Crippen molar-refractivity contribution in [3.8, 4) is 0 Å². The fourth-order valence-corrected chi connectivity index (χ4v) is 3.35. The minimum atomic E-state index is -0.608. The molecule has 1 aliphatic heterocycles. The fraction of sp³-hybridized carbons (Fsp3) is 1.00. The molecule has 0 atom stereocenters. The summed E-state index contributed by atoms with van der Waals surface area (Å²) < 4.78 is 5.26. The Balaban J connectivity index is 0.00000484. The van der Waals surface area contributed by atoms with Crippen molar-refractivity contribution in [2.24, 2.45) is 0 Å². The van der Waals surface area contributed by atoms with Crippen LogP contribution in [-0.4, -0.2) is 16.5 Å². The van der Waals surface area contributed by atoms with Gasteiger partial charge in [0.05, 0.1) is 0 Å². The average Bonchev–Trinajstić information content (AvgIpc) is 3.32. The van der Waals surface area contributed by atoms with Crippen LogP contribution in [0.4, 0.5) is 0 Å². The number of hydrogen-bond donors (Lipinski definition) is 0. The van der Waals surface area contributed by atoms with E-state index in [1.807, 2.05) is 0 Å². The normalized spacial score (nSPS) is 15.5. The van der Waals surface area contributed by atoms with Gasteiger partial charge >= 0.3 is 5.97 Å². The van der Waals surface area contributed by atoms with E-state index in [9.17, 15) is 0 Å². The molecule has 0 N–H and O–H groups in total. The van der Waals surface area contributed by atoms with Gasteiger partial charge in [0, 0.05) is 25.9 Å². The first-order valence-corrected chi connectivity index (χ1v) is 10.6. The average molecular weight is 396 g/mol. The quantitative estimate of drug-likeness (QED) is 0.148. The van der Waals surface area contributed by atoms with Gasteiger partial charge in [0.15, 0.2) is 10.5 Å². The molecule has 0 saturated carbocycles. The Morgan fingerprint density at radius 2 is 1.00 bits per heavy atom. The molecule has 1 fully saturated rings. The molecule has 0 radical (unpaired) electrons. The molecule has 0 spiro atoms. The van der Waals surface area contributed by atoms with Gasteiger partial charge in [0.1, 0.15) is 0 Å². The van der Waals surface area contributed by atoms with E-state index in [1.165, 1.54) is 89.9 Å². The molecule has 0 aliphatic carbocycles. The first kappa shape index (κ1) is 23.7. The molecule has 0 aromatic rings. The Morgan fingerprint density at radius 1 is 0.652 bits per heavy atom.